The third kappa shape index (κ3) is 7.31. The molecule has 0 spiro atoms. The van der Waals surface area contributed by atoms with Crippen LogP contribution in [0.3, 0.4) is 0 Å². The number of halogens is 1. The zero-order valence-corrected chi connectivity index (χ0v) is 17.2. The second kappa shape index (κ2) is 11.8. The number of nitrogens with zero attached hydrogens (tertiary/aromatic N) is 2. The largest absolute Gasteiger partial charge is 0.378 e. The minimum Gasteiger partial charge on any atom is -0.378 e. The Morgan fingerprint density at radius 2 is 1.45 bits per heavy atom. The monoisotopic (exact) mass is 476 g/mol. The third-order valence-corrected chi connectivity index (χ3v) is 4.39. The van der Waals surface area contributed by atoms with Crippen molar-refractivity contribution in [2.24, 2.45) is 0 Å². The molecular weight excluding hydrogens is 456 g/mol. The number of carbonyl (C=O) groups is 5. The van der Waals surface area contributed by atoms with E-state index in [1.807, 2.05) is 0 Å². The number of ether oxygens (including phenoxy) is 3. The van der Waals surface area contributed by atoms with Crippen LogP contribution in [0.4, 0.5) is 0 Å². The van der Waals surface area contributed by atoms with E-state index in [9.17, 15) is 24.0 Å². The van der Waals surface area contributed by atoms with E-state index in [1.165, 1.54) is 6.08 Å². The lowest BCUT2D eigenvalue weighted by atomic mass is 10.4. The smallest absolute Gasteiger partial charge is 0.335 e. The highest BCUT2D eigenvalue weighted by Gasteiger charge is 2.32. The molecule has 2 aliphatic rings. The lowest BCUT2D eigenvalue weighted by Gasteiger charge is -2.14. The summed E-state index contributed by atoms with van der Waals surface area (Å²) in [5, 5.41) is 0.496. The average Bonchev–Trinajstić information content (AvgIpc) is 3.12. The number of hydrogen-bond acceptors (Lipinski definition) is 9. The first kappa shape index (κ1) is 23.1. The van der Waals surface area contributed by atoms with Crippen molar-refractivity contribution >= 4 is 45.5 Å². The van der Waals surface area contributed by atoms with Crippen LogP contribution >= 0.6 is 15.9 Å². The summed E-state index contributed by atoms with van der Waals surface area (Å²) >= 11 is 3.01. The number of rotatable bonds is 13. The van der Waals surface area contributed by atoms with Gasteiger partial charge in [-0.2, -0.15) is 0 Å². The molecule has 0 radical (unpaired) electrons. The number of imide groups is 2. The quantitative estimate of drug-likeness (QED) is 0.259. The van der Waals surface area contributed by atoms with Crippen LogP contribution in [-0.2, 0) is 43.0 Å². The standard InChI is InChI=1S/C17H21BrN2O9/c18-12-11-15(23)19(17(12)25)4-6-27-8-10-28-9-7-26-5-3-16(24)29-20-13(21)1-2-14(20)22/h11H,1-10H2. The number of carbonyl (C=O) groups excluding carboxylic acids is 5. The molecule has 0 aliphatic carbocycles. The summed E-state index contributed by atoms with van der Waals surface area (Å²) in [7, 11) is 0. The van der Waals surface area contributed by atoms with Gasteiger partial charge >= 0.3 is 5.97 Å². The van der Waals surface area contributed by atoms with E-state index in [-0.39, 0.29) is 75.1 Å². The molecular formula is C17H21BrN2O9. The highest BCUT2D eigenvalue weighted by molar-refractivity contribution is 9.12. The highest BCUT2D eigenvalue weighted by Crippen LogP contribution is 2.17. The summed E-state index contributed by atoms with van der Waals surface area (Å²) in [5.74, 6) is -2.53. The summed E-state index contributed by atoms with van der Waals surface area (Å²) in [4.78, 5) is 63.0. The van der Waals surface area contributed by atoms with Crippen LogP contribution in [0, 0.1) is 0 Å². The maximum absolute atomic E-state index is 11.6. The van der Waals surface area contributed by atoms with Crippen molar-refractivity contribution in [1.29, 1.82) is 0 Å². The third-order valence-electron chi connectivity index (χ3n) is 3.82. The van der Waals surface area contributed by atoms with E-state index < -0.39 is 17.8 Å². The molecule has 0 aromatic carbocycles. The molecule has 1 saturated heterocycles. The van der Waals surface area contributed by atoms with Gasteiger partial charge in [0.05, 0.1) is 57.1 Å². The van der Waals surface area contributed by atoms with Gasteiger partial charge in [0.1, 0.15) is 0 Å². The predicted molar refractivity (Wildman–Crippen MR) is 98.0 cm³/mol. The van der Waals surface area contributed by atoms with Gasteiger partial charge in [-0.05, 0) is 15.9 Å². The van der Waals surface area contributed by atoms with Crippen molar-refractivity contribution in [1.82, 2.24) is 9.96 Å². The Balaban J connectivity index is 1.39. The maximum Gasteiger partial charge on any atom is 0.335 e. The molecule has 11 nitrogen and oxygen atoms in total. The fraction of sp³-hybridized carbons (Fsp3) is 0.588. The van der Waals surface area contributed by atoms with Gasteiger partial charge in [0.2, 0.25) is 0 Å². The van der Waals surface area contributed by atoms with Gasteiger partial charge in [-0.25, -0.2) is 4.79 Å². The first-order valence-electron chi connectivity index (χ1n) is 8.93. The minimum atomic E-state index is -0.722. The zero-order chi connectivity index (χ0) is 21.2. The first-order chi connectivity index (χ1) is 13.9. The van der Waals surface area contributed by atoms with Crippen molar-refractivity contribution in [2.45, 2.75) is 19.3 Å². The molecule has 0 aromatic rings. The van der Waals surface area contributed by atoms with Crippen molar-refractivity contribution in [2.75, 3.05) is 46.2 Å². The molecule has 4 amide bonds. The lowest BCUT2D eigenvalue weighted by Crippen LogP contribution is -2.33. The molecule has 0 bridgehead atoms. The summed E-state index contributed by atoms with van der Waals surface area (Å²) in [6.45, 7) is 1.54. The highest BCUT2D eigenvalue weighted by atomic mass is 79.9. The van der Waals surface area contributed by atoms with Gasteiger partial charge < -0.3 is 19.0 Å². The Kier molecular flexibility index (Phi) is 9.38. The average molecular weight is 477 g/mol. The van der Waals surface area contributed by atoms with E-state index in [4.69, 9.17) is 19.0 Å². The molecule has 2 rings (SSSR count). The number of hydroxylamine groups is 2. The second-order valence-corrected chi connectivity index (χ2v) is 6.77. The van der Waals surface area contributed by atoms with E-state index in [1.54, 1.807) is 0 Å². The predicted octanol–water partition coefficient (Wildman–Crippen LogP) is -0.319. The Morgan fingerprint density at radius 3 is 2.00 bits per heavy atom. The minimum absolute atomic E-state index is 0.0488. The molecule has 12 heteroatoms. The molecule has 2 aliphatic heterocycles. The van der Waals surface area contributed by atoms with Crippen LogP contribution in [0.15, 0.2) is 10.6 Å². The Labute approximate surface area is 174 Å². The van der Waals surface area contributed by atoms with Gasteiger partial charge in [0, 0.05) is 18.9 Å². The fourth-order valence-corrected chi connectivity index (χ4v) is 2.76. The summed E-state index contributed by atoms with van der Waals surface area (Å²) < 4.78 is 16.0. The summed E-state index contributed by atoms with van der Waals surface area (Å²) in [6, 6.07) is 0. The molecule has 160 valence electrons. The van der Waals surface area contributed by atoms with E-state index in [0.29, 0.717) is 11.7 Å². The van der Waals surface area contributed by atoms with Crippen LogP contribution < -0.4 is 0 Å². The molecule has 2 heterocycles. The van der Waals surface area contributed by atoms with Crippen LogP contribution in [0.25, 0.3) is 0 Å². The second-order valence-electron chi connectivity index (χ2n) is 5.92. The van der Waals surface area contributed by atoms with Crippen LogP contribution in [0.5, 0.6) is 0 Å². The number of hydrogen-bond donors (Lipinski definition) is 0. The van der Waals surface area contributed by atoms with Gasteiger partial charge in [-0.15, -0.1) is 5.06 Å². The SMILES string of the molecule is O=C(CCOCCOCCOCCN1C(=O)C=C(Br)C1=O)ON1C(=O)CCC1=O. The molecule has 1 fully saturated rings. The fourth-order valence-electron chi connectivity index (χ4n) is 2.35. The topological polar surface area (TPSA) is 129 Å². The Morgan fingerprint density at radius 1 is 0.897 bits per heavy atom. The van der Waals surface area contributed by atoms with Crippen molar-refractivity contribution in [3.63, 3.8) is 0 Å². The molecule has 29 heavy (non-hydrogen) atoms. The first-order valence-corrected chi connectivity index (χ1v) is 9.72. The summed E-state index contributed by atoms with van der Waals surface area (Å²) in [5.41, 5.74) is 0. The van der Waals surface area contributed by atoms with E-state index >= 15 is 0 Å². The van der Waals surface area contributed by atoms with E-state index in [2.05, 4.69) is 15.9 Å². The Bertz CT molecular complexity index is 678. The molecule has 0 unspecified atom stereocenters. The normalized spacial score (nSPS) is 16.8. The van der Waals surface area contributed by atoms with Gasteiger partial charge in [-0.3, -0.25) is 24.1 Å². The molecule has 0 atom stereocenters. The maximum atomic E-state index is 11.6. The Hall–Kier alpha value is -2.15. The van der Waals surface area contributed by atoms with Crippen LogP contribution in [0.2, 0.25) is 0 Å². The lowest BCUT2D eigenvalue weighted by molar-refractivity contribution is -0.198. The molecule has 0 N–H and O–H groups in total. The van der Waals surface area contributed by atoms with Crippen LogP contribution in [-0.4, -0.2) is 85.7 Å². The van der Waals surface area contributed by atoms with Crippen molar-refractivity contribution < 1.29 is 43.0 Å². The van der Waals surface area contributed by atoms with E-state index in [0.717, 1.165) is 4.90 Å². The van der Waals surface area contributed by atoms with Gasteiger partial charge in [0.25, 0.3) is 23.6 Å². The van der Waals surface area contributed by atoms with Gasteiger partial charge in [0.15, 0.2) is 0 Å². The molecule has 0 saturated carbocycles. The molecule has 0 aromatic heterocycles. The number of amides is 4. The van der Waals surface area contributed by atoms with Crippen molar-refractivity contribution in [3.05, 3.63) is 10.6 Å². The van der Waals surface area contributed by atoms with Crippen molar-refractivity contribution in [3.8, 4) is 0 Å². The van der Waals surface area contributed by atoms with Gasteiger partial charge in [-0.1, -0.05) is 0 Å². The summed E-state index contributed by atoms with van der Waals surface area (Å²) in [6.07, 6.45) is 1.22. The zero-order valence-electron chi connectivity index (χ0n) is 15.6. The van der Waals surface area contributed by atoms with Crippen LogP contribution in [0.1, 0.15) is 19.3 Å².